The van der Waals surface area contributed by atoms with E-state index in [0.29, 0.717) is 0 Å². The maximum absolute atomic E-state index is 11.2. The highest BCUT2D eigenvalue weighted by atomic mass is 32.2. The molecule has 1 N–H and O–H groups in total. The first-order valence-electron chi connectivity index (χ1n) is 10.1. The molecule has 1 atom stereocenters. The summed E-state index contributed by atoms with van der Waals surface area (Å²) in [5, 5.41) is -0.927. The Morgan fingerprint density at radius 2 is 1.58 bits per heavy atom. The lowest BCUT2D eigenvalue weighted by Gasteiger charge is -2.16. The van der Waals surface area contributed by atoms with Crippen molar-refractivity contribution in [1.82, 2.24) is 0 Å². The van der Waals surface area contributed by atoms with Crippen molar-refractivity contribution in [2.24, 2.45) is 0 Å². The summed E-state index contributed by atoms with van der Waals surface area (Å²) >= 11 is 0. The molecule has 1 aromatic rings. The van der Waals surface area contributed by atoms with E-state index in [-0.39, 0.29) is 6.61 Å². The fourth-order valence-corrected chi connectivity index (χ4v) is 3.13. The van der Waals surface area contributed by atoms with Gasteiger partial charge >= 0.3 is 0 Å². The van der Waals surface area contributed by atoms with Gasteiger partial charge in [0, 0.05) is 0 Å². The summed E-state index contributed by atoms with van der Waals surface area (Å²) in [6, 6.07) is 6.34. The molecule has 1 rings (SSSR count). The van der Waals surface area contributed by atoms with Crippen LogP contribution in [0, 0.1) is 0 Å². The fourth-order valence-electron chi connectivity index (χ4n) is 2.89. The minimum Gasteiger partial charge on any atom is -0.492 e. The van der Waals surface area contributed by atoms with Gasteiger partial charge in [0.15, 0.2) is 0 Å². The third-order valence-corrected chi connectivity index (χ3v) is 5.89. The molecule has 0 radical (unpaired) electrons. The van der Waals surface area contributed by atoms with Crippen molar-refractivity contribution in [3.8, 4) is 5.75 Å². The lowest BCUT2D eigenvalue weighted by molar-refractivity contribution is 0.307. The average molecular weight is 385 g/mol. The van der Waals surface area contributed by atoms with E-state index >= 15 is 0 Å². The molecule has 5 heteroatoms. The quantitative estimate of drug-likeness (QED) is 0.335. The van der Waals surface area contributed by atoms with Gasteiger partial charge in [-0.2, -0.15) is 8.42 Å². The second-order valence-electron chi connectivity index (χ2n) is 7.20. The van der Waals surface area contributed by atoms with Gasteiger partial charge in [-0.3, -0.25) is 4.55 Å². The molecule has 0 spiro atoms. The maximum atomic E-state index is 11.2. The Bertz CT molecular complexity index is 610. The summed E-state index contributed by atoms with van der Waals surface area (Å²) in [6.45, 7) is 5.83. The topological polar surface area (TPSA) is 63.6 Å². The Kier molecular flexibility index (Phi) is 10.9. The number of rotatable bonds is 14. The van der Waals surface area contributed by atoms with E-state index in [2.05, 4.69) is 32.0 Å². The standard InChI is InChI=1S/C21H36O4S/c1-4-6-8-10-12-19-14-15-20(13-11-9-7-5-2)21(16-19)25-17-18(3)26(22,23)24/h14-16,18H,4-13,17H2,1-3H3,(H,22,23,24). The summed E-state index contributed by atoms with van der Waals surface area (Å²) in [7, 11) is -4.07. The normalized spacial score (nSPS) is 12.9. The molecule has 0 saturated heterocycles. The highest BCUT2D eigenvalue weighted by molar-refractivity contribution is 7.86. The Morgan fingerprint density at radius 1 is 0.962 bits per heavy atom. The van der Waals surface area contributed by atoms with Crippen LogP contribution >= 0.6 is 0 Å². The molecule has 0 aliphatic heterocycles. The molecule has 1 aromatic carbocycles. The van der Waals surface area contributed by atoms with Gasteiger partial charge in [0.05, 0.1) is 0 Å². The first-order chi connectivity index (χ1) is 12.4. The van der Waals surface area contributed by atoms with E-state index < -0.39 is 15.4 Å². The molecule has 150 valence electrons. The second kappa shape index (κ2) is 12.3. The predicted octanol–water partition coefficient (Wildman–Crippen LogP) is 5.59. The van der Waals surface area contributed by atoms with Crippen LogP contribution in [0.15, 0.2) is 18.2 Å². The van der Waals surface area contributed by atoms with E-state index in [1.54, 1.807) is 0 Å². The largest absolute Gasteiger partial charge is 0.492 e. The predicted molar refractivity (Wildman–Crippen MR) is 109 cm³/mol. The van der Waals surface area contributed by atoms with Crippen LogP contribution in [-0.4, -0.2) is 24.8 Å². The Morgan fingerprint density at radius 3 is 2.15 bits per heavy atom. The highest BCUT2D eigenvalue weighted by Gasteiger charge is 2.18. The molecule has 0 aliphatic rings. The molecule has 0 aliphatic carbocycles. The van der Waals surface area contributed by atoms with Crippen LogP contribution in [0.25, 0.3) is 0 Å². The Balaban J connectivity index is 2.76. The molecule has 0 aromatic heterocycles. The molecule has 4 nitrogen and oxygen atoms in total. The van der Waals surface area contributed by atoms with Gasteiger partial charge in [-0.25, -0.2) is 0 Å². The van der Waals surface area contributed by atoms with E-state index in [4.69, 9.17) is 9.29 Å². The molecule has 0 heterocycles. The van der Waals surface area contributed by atoms with Crippen molar-refractivity contribution in [2.45, 2.75) is 90.2 Å². The molecule has 26 heavy (non-hydrogen) atoms. The zero-order valence-corrected chi connectivity index (χ0v) is 17.5. The lowest BCUT2D eigenvalue weighted by Crippen LogP contribution is -2.24. The van der Waals surface area contributed by atoms with Crippen LogP contribution in [0.5, 0.6) is 5.75 Å². The van der Waals surface area contributed by atoms with Crippen molar-refractivity contribution in [3.05, 3.63) is 29.3 Å². The van der Waals surface area contributed by atoms with Gasteiger partial charge in [0.2, 0.25) is 0 Å². The van der Waals surface area contributed by atoms with E-state index in [1.807, 2.05) is 0 Å². The number of ether oxygens (including phenoxy) is 1. The van der Waals surface area contributed by atoms with Crippen molar-refractivity contribution in [1.29, 1.82) is 0 Å². The second-order valence-corrected chi connectivity index (χ2v) is 9.03. The minimum atomic E-state index is -4.07. The summed E-state index contributed by atoms with van der Waals surface area (Å²) in [6.07, 6.45) is 11.5. The molecule has 0 bridgehead atoms. The van der Waals surface area contributed by atoms with Crippen LogP contribution in [-0.2, 0) is 23.0 Å². The zero-order chi connectivity index (χ0) is 19.4. The Hall–Kier alpha value is -1.07. The van der Waals surface area contributed by atoms with E-state index in [0.717, 1.165) is 37.0 Å². The smallest absolute Gasteiger partial charge is 0.270 e. The third kappa shape index (κ3) is 9.04. The van der Waals surface area contributed by atoms with Crippen LogP contribution in [0.2, 0.25) is 0 Å². The molecular weight excluding hydrogens is 348 g/mol. The number of unbranched alkanes of at least 4 members (excludes halogenated alkanes) is 6. The van der Waals surface area contributed by atoms with E-state index in [1.165, 1.54) is 51.0 Å². The third-order valence-electron chi connectivity index (χ3n) is 4.73. The number of hydrogen-bond acceptors (Lipinski definition) is 3. The van der Waals surface area contributed by atoms with Gasteiger partial charge in [0.25, 0.3) is 10.1 Å². The van der Waals surface area contributed by atoms with Crippen molar-refractivity contribution < 1.29 is 17.7 Å². The fraction of sp³-hybridized carbons (Fsp3) is 0.714. The molecule has 0 saturated carbocycles. The van der Waals surface area contributed by atoms with Gasteiger partial charge < -0.3 is 4.74 Å². The van der Waals surface area contributed by atoms with Crippen molar-refractivity contribution >= 4 is 10.1 Å². The van der Waals surface area contributed by atoms with Crippen LogP contribution in [0.1, 0.15) is 83.3 Å². The van der Waals surface area contributed by atoms with Crippen molar-refractivity contribution in [2.75, 3.05) is 6.61 Å². The maximum Gasteiger partial charge on any atom is 0.270 e. The van der Waals surface area contributed by atoms with Crippen molar-refractivity contribution in [3.63, 3.8) is 0 Å². The molecule has 0 fully saturated rings. The van der Waals surface area contributed by atoms with Crippen LogP contribution in [0.3, 0.4) is 0 Å². The summed E-state index contributed by atoms with van der Waals surface area (Å²) in [5.74, 6) is 0.769. The van der Waals surface area contributed by atoms with Gasteiger partial charge in [-0.05, 0) is 49.8 Å². The minimum absolute atomic E-state index is 0.0277. The number of aryl methyl sites for hydroxylation is 2. The number of benzene rings is 1. The Labute approximate surface area is 160 Å². The van der Waals surface area contributed by atoms with Crippen LogP contribution < -0.4 is 4.74 Å². The van der Waals surface area contributed by atoms with Crippen LogP contribution in [0.4, 0.5) is 0 Å². The number of hydrogen-bond donors (Lipinski definition) is 1. The molecule has 1 unspecified atom stereocenters. The molecular formula is C21H36O4S. The summed E-state index contributed by atoms with van der Waals surface area (Å²) in [5.41, 5.74) is 2.36. The summed E-state index contributed by atoms with van der Waals surface area (Å²) in [4.78, 5) is 0. The van der Waals surface area contributed by atoms with Gasteiger partial charge in [0.1, 0.15) is 17.6 Å². The highest BCUT2D eigenvalue weighted by Crippen LogP contribution is 2.25. The van der Waals surface area contributed by atoms with Gasteiger partial charge in [-0.1, -0.05) is 64.5 Å². The first-order valence-corrected chi connectivity index (χ1v) is 11.6. The SMILES string of the molecule is CCCCCCc1ccc(CCCCCC)c(OCC(C)S(=O)(=O)O)c1. The zero-order valence-electron chi connectivity index (χ0n) is 16.7. The van der Waals surface area contributed by atoms with Gasteiger partial charge in [-0.15, -0.1) is 0 Å². The summed E-state index contributed by atoms with van der Waals surface area (Å²) < 4.78 is 37.4. The monoisotopic (exact) mass is 384 g/mol. The molecule has 0 amide bonds. The first kappa shape index (κ1) is 23.0. The van der Waals surface area contributed by atoms with E-state index in [9.17, 15) is 8.42 Å². The average Bonchev–Trinajstić information content (AvgIpc) is 2.60. The lowest BCUT2D eigenvalue weighted by atomic mass is 10.0.